The quantitative estimate of drug-likeness (QED) is 0.529. The summed E-state index contributed by atoms with van der Waals surface area (Å²) in [5.41, 5.74) is -2.61. The molecule has 2 spiro atoms. The van der Waals surface area contributed by atoms with E-state index in [9.17, 15) is 10.2 Å². The fourth-order valence-electron chi connectivity index (χ4n) is 9.74. The maximum absolute atomic E-state index is 11.5. The van der Waals surface area contributed by atoms with Gasteiger partial charge in [0.1, 0.15) is 22.4 Å². The molecule has 2 N–H and O–H groups in total. The lowest BCUT2D eigenvalue weighted by molar-refractivity contribution is -0.415. The van der Waals surface area contributed by atoms with Gasteiger partial charge in [-0.2, -0.15) is 0 Å². The Bertz CT molecular complexity index is 860. The van der Waals surface area contributed by atoms with E-state index < -0.39 is 34.0 Å². The first-order chi connectivity index (χ1) is 16.5. The van der Waals surface area contributed by atoms with E-state index in [1.54, 1.807) is 0 Å². The average Bonchev–Trinajstić information content (AvgIpc) is 3.32. The number of fused-ring (bicyclic) bond motifs is 2. The maximum Gasteiger partial charge on any atom is 0.195 e. The van der Waals surface area contributed by atoms with Crippen LogP contribution in [0.2, 0.25) is 0 Å². The highest BCUT2D eigenvalue weighted by Gasteiger charge is 2.75. The topological polar surface area (TPSA) is 77.4 Å². The molecule has 0 aromatic carbocycles. The Kier molecular flexibility index (Phi) is 5.26. The minimum atomic E-state index is -1.23. The van der Waals surface area contributed by atoms with Crippen molar-refractivity contribution >= 4 is 0 Å². The van der Waals surface area contributed by atoms with Crippen molar-refractivity contribution in [1.29, 1.82) is 0 Å². The van der Waals surface area contributed by atoms with Crippen molar-refractivity contribution < 1.29 is 29.2 Å². The van der Waals surface area contributed by atoms with E-state index in [1.165, 1.54) is 0 Å². The maximum atomic E-state index is 11.5. The molecule has 4 saturated heterocycles. The molecule has 6 nitrogen and oxygen atoms in total. The van der Waals surface area contributed by atoms with Crippen molar-refractivity contribution in [2.75, 3.05) is 0 Å². The van der Waals surface area contributed by atoms with Gasteiger partial charge in [0.15, 0.2) is 11.6 Å². The summed E-state index contributed by atoms with van der Waals surface area (Å²) in [5.74, 6) is -1.55. The van der Waals surface area contributed by atoms with Crippen LogP contribution in [0.15, 0.2) is 0 Å². The van der Waals surface area contributed by atoms with Gasteiger partial charge in [-0.1, -0.05) is 27.7 Å². The number of ether oxygens (including phenoxy) is 4. The minimum absolute atomic E-state index is 0.00519. The molecule has 0 unspecified atom stereocenters. The molecule has 4 bridgehead atoms. The Labute approximate surface area is 217 Å². The van der Waals surface area contributed by atoms with Crippen molar-refractivity contribution in [2.24, 2.45) is 22.7 Å². The van der Waals surface area contributed by atoms with Gasteiger partial charge in [0.05, 0.1) is 12.2 Å². The van der Waals surface area contributed by atoms with Gasteiger partial charge < -0.3 is 29.2 Å². The SMILES string of the molecule is C[C@@H]1CC[C@@H]2OC(C)(C)[C@]3(O)CC[C@]2(O3)[C@@]1(C)CC[C@@]1(C)[C@@H](C)CC[C@@H]2OC(C)(C)[C@]3(O)CC[C@@]21O3. The van der Waals surface area contributed by atoms with E-state index in [0.29, 0.717) is 24.7 Å². The lowest BCUT2D eigenvalue weighted by Gasteiger charge is -2.64. The van der Waals surface area contributed by atoms with Crippen LogP contribution in [0.1, 0.15) is 120 Å². The molecule has 206 valence electrons. The standard InChI is InChI=1S/C30H50O6/c1-19-9-11-21-27(15-17-29(31,35-27)23(3,4)33-21)25(19,7)13-14-26(8)20(2)10-12-22-28(26)16-18-30(32,36-28)24(5,6)34-22/h19-22,31-32H,9-18H2,1-8H3/t19-,20+,21-,22-,25-,26-,27+,28+,29-,30-/m0/s1. The van der Waals surface area contributed by atoms with Crippen LogP contribution in [0, 0.1) is 22.7 Å². The third-order valence-corrected chi connectivity index (χ3v) is 13.2. The molecule has 2 aliphatic carbocycles. The van der Waals surface area contributed by atoms with Crippen LogP contribution in [0.5, 0.6) is 0 Å². The highest BCUT2D eigenvalue weighted by atomic mass is 16.7. The molecule has 0 radical (unpaired) electrons. The lowest BCUT2D eigenvalue weighted by atomic mass is 9.50. The third-order valence-electron chi connectivity index (χ3n) is 13.2. The van der Waals surface area contributed by atoms with Crippen molar-refractivity contribution in [3.63, 3.8) is 0 Å². The molecule has 0 aromatic rings. The first-order valence-corrected chi connectivity index (χ1v) is 14.7. The number of rotatable bonds is 3. The van der Waals surface area contributed by atoms with E-state index in [2.05, 4.69) is 27.7 Å². The van der Waals surface area contributed by atoms with Gasteiger partial charge in [-0.15, -0.1) is 0 Å². The van der Waals surface area contributed by atoms with Crippen molar-refractivity contribution in [3.8, 4) is 0 Å². The molecular formula is C30H50O6. The van der Waals surface area contributed by atoms with Gasteiger partial charge in [-0.05, 0) is 90.9 Å². The largest absolute Gasteiger partial charge is 0.364 e. The highest BCUT2D eigenvalue weighted by Crippen LogP contribution is 2.68. The number of hydrogen-bond acceptors (Lipinski definition) is 6. The molecule has 6 rings (SSSR count). The molecule has 36 heavy (non-hydrogen) atoms. The molecule has 4 aliphatic heterocycles. The van der Waals surface area contributed by atoms with E-state index in [1.807, 2.05) is 27.7 Å². The molecule has 0 amide bonds. The Morgan fingerprint density at radius 1 is 0.583 bits per heavy atom. The predicted octanol–water partition coefficient (Wildman–Crippen LogP) is 5.47. The normalized spacial score (nSPS) is 58.8. The fourth-order valence-corrected chi connectivity index (χ4v) is 9.74. The van der Waals surface area contributed by atoms with E-state index in [-0.39, 0.29) is 23.0 Å². The van der Waals surface area contributed by atoms with Crippen LogP contribution in [0.3, 0.4) is 0 Å². The van der Waals surface area contributed by atoms with Crippen LogP contribution >= 0.6 is 0 Å². The summed E-state index contributed by atoms with van der Waals surface area (Å²) in [4.78, 5) is 0. The second-order valence-corrected chi connectivity index (χ2v) is 15.1. The van der Waals surface area contributed by atoms with Crippen LogP contribution < -0.4 is 0 Å². The summed E-state index contributed by atoms with van der Waals surface area (Å²) in [6, 6.07) is 0. The Balaban J connectivity index is 1.34. The minimum Gasteiger partial charge on any atom is -0.364 e. The van der Waals surface area contributed by atoms with Gasteiger partial charge in [0, 0.05) is 23.7 Å². The zero-order chi connectivity index (χ0) is 26.2. The molecule has 6 heteroatoms. The van der Waals surface area contributed by atoms with E-state index in [0.717, 1.165) is 51.4 Å². The zero-order valence-corrected chi connectivity index (χ0v) is 23.9. The molecule has 6 aliphatic rings. The first-order valence-electron chi connectivity index (χ1n) is 14.7. The van der Waals surface area contributed by atoms with Gasteiger partial charge >= 0.3 is 0 Å². The van der Waals surface area contributed by atoms with Gasteiger partial charge in [-0.3, -0.25) is 0 Å². The zero-order valence-electron chi connectivity index (χ0n) is 23.9. The van der Waals surface area contributed by atoms with E-state index in [4.69, 9.17) is 18.9 Å². The highest BCUT2D eigenvalue weighted by molar-refractivity contribution is 5.20. The summed E-state index contributed by atoms with van der Waals surface area (Å²) in [6.45, 7) is 17.4. The number of hydrogen-bond donors (Lipinski definition) is 2. The third kappa shape index (κ3) is 2.85. The second kappa shape index (κ2) is 7.28. The second-order valence-electron chi connectivity index (χ2n) is 15.1. The summed E-state index contributed by atoms with van der Waals surface area (Å²) >= 11 is 0. The van der Waals surface area contributed by atoms with Gasteiger partial charge in [0.25, 0.3) is 0 Å². The molecule has 10 atom stereocenters. The molecule has 2 saturated carbocycles. The fraction of sp³-hybridized carbons (Fsp3) is 1.00. The van der Waals surface area contributed by atoms with Crippen LogP contribution in [0.4, 0.5) is 0 Å². The van der Waals surface area contributed by atoms with Crippen LogP contribution in [0.25, 0.3) is 0 Å². The van der Waals surface area contributed by atoms with Gasteiger partial charge in [-0.25, -0.2) is 0 Å². The molecule has 4 heterocycles. The van der Waals surface area contributed by atoms with E-state index >= 15 is 0 Å². The first kappa shape index (κ1) is 26.0. The summed E-state index contributed by atoms with van der Waals surface area (Å²) in [6.07, 6.45) is 9.06. The lowest BCUT2D eigenvalue weighted by Crippen LogP contribution is -2.71. The molecule has 6 fully saturated rings. The number of aliphatic hydroxyl groups is 2. The summed E-state index contributed by atoms with van der Waals surface area (Å²) < 4.78 is 27.0. The smallest absolute Gasteiger partial charge is 0.195 e. The molecule has 0 aromatic heterocycles. The monoisotopic (exact) mass is 506 g/mol. The predicted molar refractivity (Wildman–Crippen MR) is 136 cm³/mol. The van der Waals surface area contributed by atoms with Crippen LogP contribution in [-0.2, 0) is 18.9 Å². The Hall–Kier alpha value is -0.240. The Morgan fingerprint density at radius 3 is 1.31 bits per heavy atom. The van der Waals surface area contributed by atoms with Gasteiger partial charge in [0.2, 0.25) is 0 Å². The van der Waals surface area contributed by atoms with Crippen molar-refractivity contribution in [2.45, 2.75) is 166 Å². The molecular weight excluding hydrogens is 456 g/mol. The van der Waals surface area contributed by atoms with Crippen molar-refractivity contribution in [1.82, 2.24) is 0 Å². The summed E-state index contributed by atoms with van der Waals surface area (Å²) in [7, 11) is 0. The van der Waals surface area contributed by atoms with Crippen LogP contribution in [-0.4, -0.2) is 56.4 Å². The van der Waals surface area contributed by atoms with Crippen molar-refractivity contribution in [3.05, 3.63) is 0 Å². The summed E-state index contributed by atoms with van der Waals surface area (Å²) in [5, 5.41) is 23.0. The Morgan fingerprint density at radius 2 is 0.944 bits per heavy atom. The average molecular weight is 507 g/mol.